The Morgan fingerprint density at radius 1 is 1.08 bits per heavy atom. The van der Waals surface area contributed by atoms with Crippen molar-refractivity contribution >= 4 is 34.9 Å². The van der Waals surface area contributed by atoms with E-state index in [0.29, 0.717) is 11.4 Å². The normalized spacial score (nSPS) is 10.2. The highest BCUT2D eigenvalue weighted by molar-refractivity contribution is 7.99. The Labute approximate surface area is 81.1 Å². The molecule has 4 heteroatoms. The first-order valence-electron chi connectivity index (χ1n) is 3.46. The van der Waals surface area contributed by atoms with Gasteiger partial charge < -0.3 is 11.5 Å². The van der Waals surface area contributed by atoms with Crippen LogP contribution in [0.4, 0.5) is 11.4 Å². The third kappa shape index (κ3) is 1.81. The van der Waals surface area contributed by atoms with Crippen molar-refractivity contribution in [3.63, 3.8) is 0 Å². The Morgan fingerprint density at radius 2 is 1.75 bits per heavy atom. The van der Waals surface area contributed by atoms with Gasteiger partial charge in [0.05, 0.1) is 11.4 Å². The molecule has 0 aliphatic carbocycles. The molecule has 0 fully saturated rings. The van der Waals surface area contributed by atoms with E-state index in [1.165, 1.54) is 0 Å². The standard InChI is InChI=1S/C8H12N2S2/c1-11-5-3-6(9)8(10)7(4-5)12-2/h3-4H,9-10H2,1-2H3. The number of benzene rings is 1. The largest absolute Gasteiger partial charge is 0.397 e. The van der Waals surface area contributed by atoms with E-state index in [-0.39, 0.29) is 0 Å². The smallest absolute Gasteiger partial charge is 0.0686 e. The lowest BCUT2D eigenvalue weighted by molar-refractivity contribution is 1.34. The van der Waals surface area contributed by atoms with E-state index in [0.717, 1.165) is 9.79 Å². The van der Waals surface area contributed by atoms with Gasteiger partial charge in [-0.1, -0.05) is 0 Å². The van der Waals surface area contributed by atoms with Gasteiger partial charge in [-0.3, -0.25) is 0 Å². The Kier molecular flexibility index (Phi) is 3.17. The Bertz CT molecular complexity index is 287. The summed E-state index contributed by atoms with van der Waals surface area (Å²) in [6.07, 6.45) is 4.02. The van der Waals surface area contributed by atoms with Gasteiger partial charge in [0.1, 0.15) is 0 Å². The molecule has 12 heavy (non-hydrogen) atoms. The minimum absolute atomic E-state index is 0.672. The van der Waals surface area contributed by atoms with E-state index in [2.05, 4.69) is 6.07 Å². The minimum Gasteiger partial charge on any atom is -0.397 e. The number of nitrogen functional groups attached to an aromatic ring is 2. The third-order valence-electron chi connectivity index (χ3n) is 1.60. The van der Waals surface area contributed by atoms with Gasteiger partial charge in [-0.15, -0.1) is 23.5 Å². The minimum atomic E-state index is 0.672. The summed E-state index contributed by atoms with van der Waals surface area (Å²) in [6.45, 7) is 0. The van der Waals surface area contributed by atoms with Crippen LogP contribution in [0.15, 0.2) is 21.9 Å². The first kappa shape index (κ1) is 9.61. The lowest BCUT2D eigenvalue weighted by Crippen LogP contribution is -1.96. The molecule has 0 saturated heterocycles. The molecule has 0 aliphatic rings. The average Bonchev–Trinajstić information content (AvgIpc) is 2.09. The maximum absolute atomic E-state index is 5.76. The van der Waals surface area contributed by atoms with Crippen LogP contribution < -0.4 is 11.5 Å². The molecular formula is C8H12N2S2. The maximum Gasteiger partial charge on any atom is 0.0686 e. The van der Waals surface area contributed by atoms with Crippen molar-refractivity contribution < 1.29 is 0 Å². The second kappa shape index (κ2) is 3.96. The van der Waals surface area contributed by atoms with Crippen molar-refractivity contribution in [2.45, 2.75) is 9.79 Å². The van der Waals surface area contributed by atoms with Gasteiger partial charge in [0.2, 0.25) is 0 Å². The molecule has 0 amide bonds. The van der Waals surface area contributed by atoms with Crippen LogP contribution >= 0.6 is 23.5 Å². The zero-order valence-electron chi connectivity index (χ0n) is 7.13. The zero-order valence-corrected chi connectivity index (χ0v) is 8.76. The van der Waals surface area contributed by atoms with Gasteiger partial charge in [0.15, 0.2) is 0 Å². The van der Waals surface area contributed by atoms with Crippen LogP contribution in [-0.2, 0) is 0 Å². The number of nitrogens with two attached hydrogens (primary N) is 2. The van der Waals surface area contributed by atoms with Crippen molar-refractivity contribution in [1.82, 2.24) is 0 Å². The predicted molar refractivity (Wildman–Crippen MR) is 58.8 cm³/mol. The molecule has 0 unspecified atom stereocenters. The van der Waals surface area contributed by atoms with Gasteiger partial charge in [-0.05, 0) is 24.6 Å². The molecule has 0 aliphatic heterocycles. The van der Waals surface area contributed by atoms with Crippen LogP contribution in [0.25, 0.3) is 0 Å². The predicted octanol–water partition coefficient (Wildman–Crippen LogP) is 2.29. The van der Waals surface area contributed by atoms with Crippen LogP contribution in [0.5, 0.6) is 0 Å². The molecule has 0 heterocycles. The van der Waals surface area contributed by atoms with Gasteiger partial charge in [-0.25, -0.2) is 0 Å². The van der Waals surface area contributed by atoms with Crippen molar-refractivity contribution in [2.75, 3.05) is 24.0 Å². The average molecular weight is 200 g/mol. The Morgan fingerprint density at radius 3 is 2.25 bits per heavy atom. The lowest BCUT2D eigenvalue weighted by atomic mass is 10.3. The fourth-order valence-electron chi connectivity index (χ4n) is 0.909. The molecule has 0 spiro atoms. The van der Waals surface area contributed by atoms with Crippen molar-refractivity contribution in [1.29, 1.82) is 0 Å². The molecular weight excluding hydrogens is 188 g/mol. The molecule has 66 valence electrons. The topological polar surface area (TPSA) is 52.0 Å². The highest BCUT2D eigenvalue weighted by atomic mass is 32.2. The van der Waals surface area contributed by atoms with E-state index in [9.17, 15) is 0 Å². The number of anilines is 2. The highest BCUT2D eigenvalue weighted by Crippen LogP contribution is 2.32. The van der Waals surface area contributed by atoms with Crippen LogP contribution in [0, 0.1) is 0 Å². The quantitative estimate of drug-likeness (QED) is 0.568. The summed E-state index contributed by atoms with van der Waals surface area (Å²) in [5.74, 6) is 0. The van der Waals surface area contributed by atoms with E-state index in [1.54, 1.807) is 23.5 Å². The third-order valence-corrected chi connectivity index (χ3v) is 3.09. The summed E-state index contributed by atoms with van der Waals surface area (Å²) in [7, 11) is 0. The molecule has 0 radical (unpaired) electrons. The summed E-state index contributed by atoms with van der Waals surface area (Å²) in [4.78, 5) is 2.21. The molecule has 0 aromatic heterocycles. The van der Waals surface area contributed by atoms with Gasteiger partial charge in [0.25, 0.3) is 0 Å². The SMILES string of the molecule is CSc1cc(N)c(N)c(SC)c1. The summed E-state index contributed by atoms with van der Waals surface area (Å²) >= 11 is 3.29. The summed E-state index contributed by atoms with van der Waals surface area (Å²) in [5, 5.41) is 0. The van der Waals surface area contributed by atoms with E-state index < -0.39 is 0 Å². The van der Waals surface area contributed by atoms with Gasteiger partial charge >= 0.3 is 0 Å². The molecule has 0 atom stereocenters. The van der Waals surface area contributed by atoms with E-state index >= 15 is 0 Å². The first-order valence-corrected chi connectivity index (χ1v) is 5.91. The van der Waals surface area contributed by atoms with E-state index in [4.69, 9.17) is 11.5 Å². The summed E-state index contributed by atoms with van der Waals surface area (Å²) in [6, 6.07) is 3.96. The van der Waals surface area contributed by atoms with Gasteiger partial charge in [-0.2, -0.15) is 0 Å². The Balaban J connectivity index is 3.19. The van der Waals surface area contributed by atoms with Crippen LogP contribution in [-0.4, -0.2) is 12.5 Å². The monoisotopic (exact) mass is 200 g/mol. The fraction of sp³-hybridized carbons (Fsp3) is 0.250. The van der Waals surface area contributed by atoms with Crippen molar-refractivity contribution in [3.8, 4) is 0 Å². The van der Waals surface area contributed by atoms with Crippen LogP contribution in [0.1, 0.15) is 0 Å². The number of rotatable bonds is 2. The molecule has 1 aromatic rings. The number of hydrogen-bond donors (Lipinski definition) is 2. The van der Waals surface area contributed by atoms with E-state index in [1.807, 2.05) is 18.6 Å². The molecule has 0 saturated carbocycles. The second-order valence-corrected chi connectivity index (χ2v) is 4.06. The molecule has 4 N–H and O–H groups in total. The first-order chi connectivity index (χ1) is 5.69. The lowest BCUT2D eigenvalue weighted by Gasteiger charge is -2.07. The summed E-state index contributed by atoms with van der Waals surface area (Å²) in [5.41, 5.74) is 12.8. The molecule has 2 nitrogen and oxygen atoms in total. The fourth-order valence-corrected chi connectivity index (χ4v) is 2.05. The van der Waals surface area contributed by atoms with Crippen LogP contribution in [0.2, 0.25) is 0 Å². The molecule has 0 bridgehead atoms. The Hall–Kier alpha value is -0.480. The summed E-state index contributed by atoms with van der Waals surface area (Å²) < 4.78 is 0. The maximum atomic E-state index is 5.76. The second-order valence-electron chi connectivity index (χ2n) is 2.33. The van der Waals surface area contributed by atoms with Crippen LogP contribution in [0.3, 0.4) is 0 Å². The van der Waals surface area contributed by atoms with Crippen molar-refractivity contribution in [2.24, 2.45) is 0 Å². The zero-order chi connectivity index (χ0) is 9.14. The van der Waals surface area contributed by atoms with Crippen molar-refractivity contribution in [3.05, 3.63) is 12.1 Å². The molecule has 1 aromatic carbocycles. The number of thioether (sulfide) groups is 2. The number of hydrogen-bond acceptors (Lipinski definition) is 4. The molecule has 1 rings (SSSR count). The highest BCUT2D eigenvalue weighted by Gasteiger charge is 2.03. The van der Waals surface area contributed by atoms with Gasteiger partial charge in [0, 0.05) is 9.79 Å².